The Morgan fingerprint density at radius 3 is 2.72 bits per heavy atom. The molecule has 0 aromatic heterocycles. The van der Waals surface area contributed by atoms with Crippen LogP contribution < -0.4 is 5.32 Å². The van der Waals surface area contributed by atoms with E-state index in [0.29, 0.717) is 0 Å². The van der Waals surface area contributed by atoms with E-state index in [4.69, 9.17) is 0 Å². The number of hydrogen-bond acceptors (Lipinski definition) is 2. The van der Waals surface area contributed by atoms with E-state index in [0.717, 1.165) is 12.5 Å². The number of hydrogen-bond donors (Lipinski definition) is 1. The summed E-state index contributed by atoms with van der Waals surface area (Å²) in [6, 6.07) is 8.50. The van der Waals surface area contributed by atoms with Gasteiger partial charge in [-0.05, 0) is 63.5 Å². The van der Waals surface area contributed by atoms with Crippen LogP contribution in [0.2, 0.25) is 0 Å². The summed E-state index contributed by atoms with van der Waals surface area (Å²) >= 11 is 3.62. The molecule has 0 atom stereocenters. The van der Waals surface area contributed by atoms with Crippen molar-refractivity contribution in [3.05, 3.63) is 34.3 Å². The lowest BCUT2D eigenvalue weighted by Gasteiger charge is -2.25. The average molecular weight is 311 g/mol. The third-order valence-corrected chi connectivity index (χ3v) is 4.55. The van der Waals surface area contributed by atoms with Crippen LogP contribution in [0.25, 0.3) is 0 Å². The molecule has 1 aliphatic heterocycles. The van der Waals surface area contributed by atoms with Crippen molar-refractivity contribution >= 4 is 15.9 Å². The molecule has 18 heavy (non-hydrogen) atoms. The Labute approximate surface area is 119 Å². The first-order valence-electron chi connectivity index (χ1n) is 6.88. The molecule has 1 fully saturated rings. The monoisotopic (exact) mass is 310 g/mol. The lowest BCUT2D eigenvalue weighted by molar-refractivity contribution is 0.265. The molecule has 2 rings (SSSR count). The van der Waals surface area contributed by atoms with E-state index in [2.05, 4.69) is 57.5 Å². The van der Waals surface area contributed by atoms with Crippen LogP contribution in [0.5, 0.6) is 0 Å². The molecule has 2 nitrogen and oxygen atoms in total. The predicted molar refractivity (Wildman–Crippen MR) is 80.7 cm³/mol. The maximum atomic E-state index is 3.62. The molecule has 0 radical (unpaired) electrons. The molecule has 1 heterocycles. The summed E-state index contributed by atoms with van der Waals surface area (Å²) in [5.74, 6) is 0.924. The highest BCUT2D eigenvalue weighted by Crippen LogP contribution is 2.19. The first-order valence-corrected chi connectivity index (χ1v) is 7.67. The number of halogens is 1. The van der Waals surface area contributed by atoms with Crippen molar-refractivity contribution in [1.82, 2.24) is 10.2 Å². The summed E-state index contributed by atoms with van der Waals surface area (Å²) in [6.07, 6.45) is 4.04. The second-order valence-electron chi connectivity index (χ2n) is 5.31. The van der Waals surface area contributed by atoms with E-state index in [9.17, 15) is 0 Å². The van der Waals surface area contributed by atoms with Crippen LogP contribution in [-0.4, -0.2) is 31.6 Å². The minimum Gasteiger partial charge on any atom is -0.317 e. The second kappa shape index (κ2) is 7.27. The Morgan fingerprint density at radius 2 is 2.00 bits per heavy atom. The molecular weight excluding hydrogens is 288 g/mol. The number of benzene rings is 1. The van der Waals surface area contributed by atoms with Gasteiger partial charge in [0.15, 0.2) is 0 Å². The minimum absolute atomic E-state index is 0.924. The van der Waals surface area contributed by atoms with Gasteiger partial charge in [-0.3, -0.25) is 0 Å². The Bertz CT molecular complexity index is 361. The van der Waals surface area contributed by atoms with Gasteiger partial charge in [-0.1, -0.05) is 34.1 Å². The van der Waals surface area contributed by atoms with E-state index in [1.165, 1.54) is 48.9 Å². The van der Waals surface area contributed by atoms with Crippen molar-refractivity contribution in [3.8, 4) is 0 Å². The molecule has 0 amide bonds. The maximum Gasteiger partial charge on any atom is 0.0241 e. The van der Waals surface area contributed by atoms with Crippen molar-refractivity contribution in [2.75, 3.05) is 26.7 Å². The SMILES string of the molecule is CN(CCC1CCNCC1)Cc1ccccc1Br. The number of nitrogens with one attached hydrogen (secondary N) is 1. The molecule has 1 aromatic rings. The van der Waals surface area contributed by atoms with Gasteiger partial charge in [-0.2, -0.15) is 0 Å². The smallest absolute Gasteiger partial charge is 0.0241 e. The zero-order valence-electron chi connectivity index (χ0n) is 11.2. The Morgan fingerprint density at radius 1 is 1.28 bits per heavy atom. The first-order chi connectivity index (χ1) is 8.75. The lowest BCUT2D eigenvalue weighted by atomic mass is 9.94. The van der Waals surface area contributed by atoms with Gasteiger partial charge in [0.25, 0.3) is 0 Å². The Kier molecular flexibility index (Phi) is 5.67. The lowest BCUT2D eigenvalue weighted by Crippen LogP contribution is -2.30. The van der Waals surface area contributed by atoms with Crippen LogP contribution in [-0.2, 0) is 6.54 Å². The average Bonchev–Trinajstić information content (AvgIpc) is 2.40. The molecule has 0 unspecified atom stereocenters. The zero-order valence-corrected chi connectivity index (χ0v) is 12.7. The molecule has 100 valence electrons. The topological polar surface area (TPSA) is 15.3 Å². The largest absolute Gasteiger partial charge is 0.317 e. The minimum atomic E-state index is 0.924. The van der Waals surface area contributed by atoms with Crippen molar-refractivity contribution < 1.29 is 0 Å². The van der Waals surface area contributed by atoms with E-state index in [-0.39, 0.29) is 0 Å². The molecule has 0 saturated carbocycles. The van der Waals surface area contributed by atoms with Crippen molar-refractivity contribution in [1.29, 1.82) is 0 Å². The fraction of sp³-hybridized carbons (Fsp3) is 0.600. The van der Waals surface area contributed by atoms with E-state index in [1.54, 1.807) is 0 Å². The summed E-state index contributed by atoms with van der Waals surface area (Å²) in [5, 5.41) is 3.43. The Balaban J connectivity index is 1.74. The summed E-state index contributed by atoms with van der Waals surface area (Å²) < 4.78 is 1.22. The molecule has 0 aliphatic carbocycles. The number of piperidine rings is 1. The van der Waals surface area contributed by atoms with Crippen LogP contribution in [0.15, 0.2) is 28.7 Å². The number of rotatable bonds is 5. The quantitative estimate of drug-likeness (QED) is 0.898. The van der Waals surface area contributed by atoms with Gasteiger partial charge in [-0.25, -0.2) is 0 Å². The van der Waals surface area contributed by atoms with E-state index in [1.807, 2.05) is 0 Å². The molecule has 1 aromatic carbocycles. The van der Waals surface area contributed by atoms with Crippen LogP contribution in [0.4, 0.5) is 0 Å². The third-order valence-electron chi connectivity index (χ3n) is 3.78. The fourth-order valence-corrected chi connectivity index (χ4v) is 2.98. The van der Waals surface area contributed by atoms with Gasteiger partial charge >= 0.3 is 0 Å². The molecule has 1 aliphatic rings. The van der Waals surface area contributed by atoms with Gasteiger partial charge in [0.2, 0.25) is 0 Å². The summed E-state index contributed by atoms with van der Waals surface area (Å²) in [7, 11) is 2.22. The van der Waals surface area contributed by atoms with Crippen LogP contribution >= 0.6 is 15.9 Å². The molecular formula is C15H23BrN2. The standard InChI is InChI=1S/C15H23BrN2/c1-18(11-8-13-6-9-17-10-7-13)12-14-4-2-3-5-15(14)16/h2-5,13,17H,6-12H2,1H3. The van der Waals surface area contributed by atoms with Gasteiger partial charge in [-0.15, -0.1) is 0 Å². The highest BCUT2D eigenvalue weighted by atomic mass is 79.9. The first kappa shape index (κ1) is 14.0. The maximum absolute atomic E-state index is 3.62. The highest BCUT2D eigenvalue weighted by molar-refractivity contribution is 9.10. The summed E-state index contributed by atoms with van der Waals surface area (Å²) in [4.78, 5) is 2.43. The summed E-state index contributed by atoms with van der Waals surface area (Å²) in [6.45, 7) is 4.65. The molecule has 1 N–H and O–H groups in total. The second-order valence-corrected chi connectivity index (χ2v) is 6.17. The van der Waals surface area contributed by atoms with Crippen LogP contribution in [0.3, 0.4) is 0 Å². The van der Waals surface area contributed by atoms with E-state index >= 15 is 0 Å². The van der Waals surface area contributed by atoms with Gasteiger partial charge in [0, 0.05) is 11.0 Å². The van der Waals surface area contributed by atoms with Crippen molar-refractivity contribution in [2.45, 2.75) is 25.8 Å². The zero-order chi connectivity index (χ0) is 12.8. The molecule has 1 saturated heterocycles. The van der Waals surface area contributed by atoms with E-state index < -0.39 is 0 Å². The molecule has 0 spiro atoms. The number of nitrogens with zero attached hydrogens (tertiary/aromatic N) is 1. The molecule has 3 heteroatoms. The van der Waals surface area contributed by atoms with Gasteiger partial charge in [0.1, 0.15) is 0 Å². The van der Waals surface area contributed by atoms with Gasteiger partial charge in [0.05, 0.1) is 0 Å². The summed E-state index contributed by atoms with van der Waals surface area (Å²) in [5.41, 5.74) is 1.38. The highest BCUT2D eigenvalue weighted by Gasteiger charge is 2.13. The van der Waals surface area contributed by atoms with Gasteiger partial charge < -0.3 is 10.2 Å². The third kappa shape index (κ3) is 4.38. The van der Waals surface area contributed by atoms with Crippen molar-refractivity contribution in [3.63, 3.8) is 0 Å². The van der Waals surface area contributed by atoms with Crippen LogP contribution in [0.1, 0.15) is 24.8 Å². The normalized spacial score (nSPS) is 17.3. The molecule has 0 bridgehead atoms. The van der Waals surface area contributed by atoms with Crippen LogP contribution in [0, 0.1) is 5.92 Å². The Hall–Kier alpha value is -0.380. The predicted octanol–water partition coefficient (Wildman–Crippen LogP) is 3.27. The van der Waals surface area contributed by atoms with Crippen molar-refractivity contribution in [2.24, 2.45) is 5.92 Å². The fourth-order valence-electron chi connectivity index (χ4n) is 2.57.